The quantitative estimate of drug-likeness (QED) is 0.180. The summed E-state index contributed by atoms with van der Waals surface area (Å²) < 4.78 is 16.0. The molecule has 9 nitrogen and oxygen atoms in total. The van der Waals surface area contributed by atoms with Gasteiger partial charge in [0.05, 0.1) is 12.2 Å². The first-order chi connectivity index (χ1) is 20.7. The molecule has 1 fully saturated rings. The number of halogens is 2. The highest BCUT2D eigenvalue weighted by molar-refractivity contribution is 9.10. The summed E-state index contributed by atoms with van der Waals surface area (Å²) in [5.41, 5.74) is 3.44. The molecule has 1 unspecified atom stereocenters. The molecule has 222 valence electrons. The molecule has 1 aliphatic heterocycles. The van der Waals surface area contributed by atoms with E-state index >= 15 is 0 Å². The number of rotatable bonds is 6. The summed E-state index contributed by atoms with van der Waals surface area (Å²) in [4.78, 5) is 32.5. The van der Waals surface area contributed by atoms with Crippen LogP contribution in [0.5, 0.6) is 5.75 Å². The fourth-order valence-electron chi connectivity index (χ4n) is 5.86. The van der Waals surface area contributed by atoms with Crippen LogP contribution in [-0.2, 0) is 18.4 Å². The lowest BCUT2D eigenvalue weighted by atomic mass is 9.97. The number of carbonyl (C=O) groups is 1. The zero-order valence-corrected chi connectivity index (χ0v) is 26.4. The summed E-state index contributed by atoms with van der Waals surface area (Å²) in [6, 6.07) is 17.1. The third-order valence-electron chi connectivity index (χ3n) is 8.00. The van der Waals surface area contributed by atoms with E-state index in [0.29, 0.717) is 46.8 Å². The molecule has 43 heavy (non-hydrogen) atoms. The number of benzene rings is 2. The monoisotopic (exact) mass is 663 g/mol. The van der Waals surface area contributed by atoms with Crippen LogP contribution in [0.2, 0.25) is 5.15 Å². The van der Waals surface area contributed by atoms with Gasteiger partial charge in [-0.15, -0.1) is 0 Å². The molecule has 0 N–H and O–H groups in total. The number of carbonyl (C=O) groups excluding carboxylic acids is 1. The van der Waals surface area contributed by atoms with Gasteiger partial charge >= 0.3 is 6.09 Å². The maximum absolute atomic E-state index is 13.8. The Morgan fingerprint density at radius 1 is 1.12 bits per heavy atom. The van der Waals surface area contributed by atoms with E-state index in [0.717, 1.165) is 33.1 Å². The molecule has 1 amide bonds. The number of ether oxygens (including phenoxy) is 2. The van der Waals surface area contributed by atoms with Crippen molar-refractivity contribution >= 4 is 55.4 Å². The van der Waals surface area contributed by atoms with E-state index in [1.54, 1.807) is 28.6 Å². The number of hydrogen-bond donors (Lipinski definition) is 0. The molecule has 3 aromatic heterocycles. The average molecular weight is 665 g/mol. The predicted octanol–water partition coefficient (Wildman–Crippen LogP) is 7.12. The fraction of sp³-hybridized carbons (Fsp3) is 0.312. The van der Waals surface area contributed by atoms with Crippen molar-refractivity contribution in [3.8, 4) is 5.75 Å². The van der Waals surface area contributed by atoms with Crippen molar-refractivity contribution in [2.75, 3.05) is 13.1 Å². The molecule has 11 heteroatoms. The van der Waals surface area contributed by atoms with Crippen LogP contribution in [0.1, 0.15) is 48.6 Å². The molecule has 1 saturated heterocycles. The minimum Gasteiger partial charge on any atom is -0.483 e. The van der Waals surface area contributed by atoms with Crippen LogP contribution in [0, 0.1) is 6.92 Å². The smallest absolute Gasteiger partial charge is 0.410 e. The summed E-state index contributed by atoms with van der Waals surface area (Å²) in [5, 5.41) is 7.47. The Bertz CT molecular complexity index is 1880. The van der Waals surface area contributed by atoms with E-state index in [1.807, 2.05) is 61.1 Å². The Hall–Kier alpha value is -3.89. The van der Waals surface area contributed by atoms with Gasteiger partial charge in [-0.3, -0.25) is 9.36 Å². The zero-order chi connectivity index (χ0) is 30.2. The minimum atomic E-state index is -0.398. The second-order valence-corrected chi connectivity index (χ2v) is 12.0. The van der Waals surface area contributed by atoms with Crippen molar-refractivity contribution in [2.24, 2.45) is 7.05 Å². The number of amides is 1. The van der Waals surface area contributed by atoms with Gasteiger partial charge in [0.25, 0.3) is 5.56 Å². The van der Waals surface area contributed by atoms with Gasteiger partial charge in [0.2, 0.25) is 0 Å². The van der Waals surface area contributed by atoms with E-state index in [4.69, 9.17) is 26.2 Å². The van der Waals surface area contributed by atoms with Crippen molar-refractivity contribution in [1.29, 1.82) is 0 Å². The fourth-order valence-corrected chi connectivity index (χ4v) is 6.53. The molecule has 6 rings (SSSR count). The lowest BCUT2D eigenvalue weighted by Crippen LogP contribution is -2.39. The van der Waals surface area contributed by atoms with Crippen LogP contribution in [0.25, 0.3) is 21.8 Å². The second-order valence-electron chi connectivity index (χ2n) is 10.9. The van der Waals surface area contributed by atoms with Crippen molar-refractivity contribution in [1.82, 2.24) is 24.2 Å². The molecule has 0 saturated carbocycles. The van der Waals surface area contributed by atoms with Gasteiger partial charge in [-0.05, 0) is 71.9 Å². The van der Waals surface area contributed by atoms with E-state index in [9.17, 15) is 9.59 Å². The molecule has 0 spiro atoms. The number of aromatic nitrogens is 4. The third-order valence-corrected chi connectivity index (χ3v) is 8.78. The first kappa shape index (κ1) is 29.2. The van der Waals surface area contributed by atoms with Crippen molar-refractivity contribution in [3.63, 3.8) is 0 Å². The number of pyridine rings is 2. The van der Waals surface area contributed by atoms with E-state index in [1.165, 1.54) is 0 Å². The molecule has 5 aromatic rings. The molecule has 1 atom stereocenters. The minimum absolute atomic E-state index is 0.0254. The third kappa shape index (κ3) is 5.73. The van der Waals surface area contributed by atoms with Crippen LogP contribution in [0.3, 0.4) is 0 Å². The zero-order valence-electron chi connectivity index (χ0n) is 24.1. The summed E-state index contributed by atoms with van der Waals surface area (Å²) in [7, 11) is 1.79. The largest absolute Gasteiger partial charge is 0.483 e. The predicted molar refractivity (Wildman–Crippen MR) is 170 cm³/mol. The van der Waals surface area contributed by atoms with E-state index in [-0.39, 0.29) is 24.3 Å². The van der Waals surface area contributed by atoms with Gasteiger partial charge in [0.15, 0.2) is 5.75 Å². The Kier molecular flexibility index (Phi) is 8.15. The first-order valence-corrected chi connectivity index (χ1v) is 15.3. The summed E-state index contributed by atoms with van der Waals surface area (Å²) in [6.45, 7) is 5.26. The maximum Gasteiger partial charge on any atom is 0.410 e. The Morgan fingerprint density at radius 2 is 1.86 bits per heavy atom. The lowest BCUT2D eigenvalue weighted by molar-refractivity contribution is 0.0824. The van der Waals surface area contributed by atoms with Gasteiger partial charge in [-0.2, -0.15) is 5.10 Å². The Morgan fingerprint density at radius 3 is 2.58 bits per heavy atom. The van der Waals surface area contributed by atoms with Crippen LogP contribution < -0.4 is 10.3 Å². The van der Waals surface area contributed by atoms with E-state index < -0.39 is 6.10 Å². The second kappa shape index (κ2) is 12.0. The van der Waals surface area contributed by atoms with Crippen molar-refractivity contribution in [2.45, 2.75) is 45.4 Å². The topological polar surface area (TPSA) is 91.5 Å². The molecule has 0 bridgehead atoms. The number of piperidine rings is 1. The van der Waals surface area contributed by atoms with Crippen molar-refractivity contribution < 1.29 is 14.3 Å². The van der Waals surface area contributed by atoms with Crippen LogP contribution in [0.4, 0.5) is 4.79 Å². The Balaban J connectivity index is 1.29. The highest BCUT2D eigenvalue weighted by Crippen LogP contribution is 2.36. The van der Waals surface area contributed by atoms with Gasteiger partial charge < -0.3 is 14.4 Å². The van der Waals surface area contributed by atoms with Crippen molar-refractivity contribution in [3.05, 3.63) is 97.6 Å². The summed E-state index contributed by atoms with van der Waals surface area (Å²) in [5.74, 6) is 0.552. The Labute approximate surface area is 262 Å². The number of aryl methyl sites for hydroxylation is 2. The molecule has 4 heterocycles. The number of nitrogens with zero attached hydrogens (tertiary/aromatic N) is 5. The molecular weight excluding hydrogens is 634 g/mol. The number of likely N-dealkylation sites (tertiary alicyclic amines) is 1. The molecule has 0 radical (unpaired) electrons. The highest BCUT2D eigenvalue weighted by Gasteiger charge is 2.28. The van der Waals surface area contributed by atoms with Gasteiger partial charge in [-0.25, -0.2) is 14.5 Å². The molecule has 2 aromatic carbocycles. The average Bonchev–Trinajstić information content (AvgIpc) is 3.45. The van der Waals surface area contributed by atoms with Gasteiger partial charge in [0, 0.05) is 41.9 Å². The molecule has 0 aliphatic carbocycles. The first-order valence-electron chi connectivity index (χ1n) is 14.2. The van der Waals surface area contributed by atoms with Gasteiger partial charge in [0.1, 0.15) is 28.1 Å². The normalized spacial score (nSPS) is 14.8. The van der Waals surface area contributed by atoms with E-state index in [2.05, 4.69) is 27.0 Å². The number of hydrogen-bond acceptors (Lipinski definition) is 6. The maximum atomic E-state index is 13.8. The standard InChI is InChI=1S/C32H31BrClN5O4/c1-19-15-23(20(2)43-26-9-10-27(34)36-29(26)33)28-24(16-19)31(40)37(3)30-25(28)17-35-39(30)22-11-13-38(14-12-22)32(41)42-18-21-7-5-4-6-8-21/h4-10,15-17,20,22H,11-14,18H2,1-3H3. The molecular formula is C32H31BrClN5O4. The van der Waals surface area contributed by atoms with Crippen LogP contribution >= 0.6 is 27.5 Å². The van der Waals surface area contributed by atoms with Crippen LogP contribution in [0.15, 0.2) is 70.2 Å². The summed E-state index contributed by atoms with van der Waals surface area (Å²) >= 11 is 9.46. The number of fused-ring (bicyclic) bond motifs is 3. The highest BCUT2D eigenvalue weighted by atomic mass is 79.9. The summed E-state index contributed by atoms with van der Waals surface area (Å²) in [6.07, 6.45) is 2.51. The molecule has 1 aliphatic rings. The lowest BCUT2D eigenvalue weighted by Gasteiger charge is -2.31. The SMILES string of the molecule is Cc1cc(C(C)Oc2ccc(Cl)nc2Br)c2c(c1)c(=O)n(C)c1c2cnn1C1CCN(C(=O)OCc2ccccc2)CC1. The van der Waals surface area contributed by atoms with Gasteiger partial charge in [-0.1, -0.05) is 48.0 Å². The van der Waals surface area contributed by atoms with Crippen LogP contribution in [-0.4, -0.2) is 43.4 Å².